The van der Waals surface area contributed by atoms with Gasteiger partial charge in [-0.15, -0.1) is 0 Å². The van der Waals surface area contributed by atoms with Gasteiger partial charge in [0.25, 0.3) is 0 Å². The third-order valence-corrected chi connectivity index (χ3v) is 3.30. The third-order valence-electron chi connectivity index (χ3n) is 2.94. The van der Waals surface area contributed by atoms with Crippen molar-refractivity contribution in [3.05, 3.63) is 28.8 Å². The number of carbonyl (C=O) groups is 1. The Balaban J connectivity index is 2.29. The standard InChI is InChI=1S/C14H21ClN2O2/c1-3-10(2)17-14(19)7-8-16-9-11-12(15)5-4-6-13(11)18/h4-6,10,16,18H,3,7-9H2,1-2H3,(H,17,19). The van der Waals surface area contributed by atoms with Gasteiger partial charge in [0.05, 0.1) is 0 Å². The van der Waals surface area contributed by atoms with E-state index in [9.17, 15) is 9.90 Å². The molecule has 0 radical (unpaired) electrons. The number of halogens is 1. The molecule has 19 heavy (non-hydrogen) atoms. The van der Waals surface area contributed by atoms with E-state index in [4.69, 9.17) is 11.6 Å². The van der Waals surface area contributed by atoms with E-state index in [0.717, 1.165) is 6.42 Å². The summed E-state index contributed by atoms with van der Waals surface area (Å²) in [7, 11) is 0. The fourth-order valence-electron chi connectivity index (χ4n) is 1.59. The summed E-state index contributed by atoms with van der Waals surface area (Å²) in [5.41, 5.74) is 0.659. The van der Waals surface area contributed by atoms with Crippen LogP contribution < -0.4 is 10.6 Å². The van der Waals surface area contributed by atoms with Gasteiger partial charge in [0.15, 0.2) is 0 Å². The number of benzene rings is 1. The van der Waals surface area contributed by atoms with Crippen molar-refractivity contribution in [3.8, 4) is 5.75 Å². The molecule has 0 saturated heterocycles. The average molecular weight is 285 g/mol. The molecule has 0 aliphatic carbocycles. The first-order valence-electron chi connectivity index (χ1n) is 6.51. The highest BCUT2D eigenvalue weighted by Crippen LogP contribution is 2.24. The second kappa shape index (κ2) is 8.02. The molecule has 4 nitrogen and oxygen atoms in total. The summed E-state index contributed by atoms with van der Waals surface area (Å²) in [4.78, 5) is 11.5. The van der Waals surface area contributed by atoms with Crippen LogP contribution in [-0.4, -0.2) is 23.6 Å². The van der Waals surface area contributed by atoms with E-state index in [0.29, 0.717) is 30.1 Å². The van der Waals surface area contributed by atoms with Gasteiger partial charge in [-0.2, -0.15) is 0 Å². The minimum absolute atomic E-state index is 0.0326. The number of phenols is 1. The number of nitrogens with one attached hydrogen (secondary N) is 2. The zero-order chi connectivity index (χ0) is 14.3. The quantitative estimate of drug-likeness (QED) is 0.674. The molecule has 106 valence electrons. The van der Waals surface area contributed by atoms with Gasteiger partial charge in [0.1, 0.15) is 5.75 Å². The summed E-state index contributed by atoms with van der Waals surface area (Å²) >= 11 is 5.98. The molecule has 0 fully saturated rings. The second-order valence-electron chi connectivity index (χ2n) is 4.54. The number of hydrogen-bond donors (Lipinski definition) is 3. The molecule has 0 heterocycles. The van der Waals surface area contributed by atoms with Gasteiger partial charge in [-0.3, -0.25) is 4.79 Å². The van der Waals surface area contributed by atoms with Crippen LogP contribution in [0.5, 0.6) is 5.75 Å². The highest BCUT2D eigenvalue weighted by atomic mass is 35.5. The van der Waals surface area contributed by atoms with Crippen molar-refractivity contribution >= 4 is 17.5 Å². The van der Waals surface area contributed by atoms with Gasteiger partial charge in [-0.05, 0) is 25.5 Å². The predicted octanol–water partition coefficient (Wildman–Crippen LogP) is 2.44. The average Bonchev–Trinajstić information content (AvgIpc) is 2.37. The summed E-state index contributed by atoms with van der Waals surface area (Å²) < 4.78 is 0. The Morgan fingerprint density at radius 1 is 1.47 bits per heavy atom. The summed E-state index contributed by atoms with van der Waals surface area (Å²) in [6, 6.07) is 5.23. The molecule has 0 saturated carbocycles. The molecule has 0 spiro atoms. The maximum absolute atomic E-state index is 11.5. The van der Waals surface area contributed by atoms with Crippen LogP contribution in [0.1, 0.15) is 32.3 Å². The van der Waals surface area contributed by atoms with Crippen LogP contribution in [0, 0.1) is 0 Å². The molecule has 1 amide bonds. The van der Waals surface area contributed by atoms with Crippen molar-refractivity contribution < 1.29 is 9.90 Å². The number of carbonyl (C=O) groups excluding carboxylic acids is 1. The molecule has 5 heteroatoms. The molecular weight excluding hydrogens is 264 g/mol. The lowest BCUT2D eigenvalue weighted by atomic mass is 10.2. The number of rotatable bonds is 7. The normalized spacial score (nSPS) is 12.2. The fraction of sp³-hybridized carbons (Fsp3) is 0.500. The Labute approximate surface area is 119 Å². The van der Waals surface area contributed by atoms with Gasteiger partial charge in [0, 0.05) is 36.1 Å². The van der Waals surface area contributed by atoms with Gasteiger partial charge in [-0.25, -0.2) is 0 Å². The monoisotopic (exact) mass is 284 g/mol. The zero-order valence-corrected chi connectivity index (χ0v) is 12.1. The van der Waals surface area contributed by atoms with Crippen LogP contribution in [0.3, 0.4) is 0 Å². The maximum atomic E-state index is 11.5. The molecule has 1 aromatic carbocycles. The zero-order valence-electron chi connectivity index (χ0n) is 11.4. The predicted molar refractivity (Wildman–Crippen MR) is 77.3 cm³/mol. The van der Waals surface area contributed by atoms with Crippen molar-refractivity contribution in [1.29, 1.82) is 0 Å². The number of amides is 1. The fourth-order valence-corrected chi connectivity index (χ4v) is 1.82. The first-order valence-corrected chi connectivity index (χ1v) is 6.88. The Morgan fingerprint density at radius 2 is 2.21 bits per heavy atom. The van der Waals surface area contributed by atoms with Gasteiger partial charge in [-0.1, -0.05) is 24.6 Å². The van der Waals surface area contributed by atoms with E-state index in [2.05, 4.69) is 10.6 Å². The van der Waals surface area contributed by atoms with Crippen LogP contribution in [0.4, 0.5) is 0 Å². The van der Waals surface area contributed by atoms with Crippen molar-refractivity contribution in [3.63, 3.8) is 0 Å². The third kappa shape index (κ3) is 5.49. The summed E-state index contributed by atoms with van der Waals surface area (Å²) in [5, 5.41) is 16.2. The first-order chi connectivity index (χ1) is 9.04. The Hall–Kier alpha value is -1.26. The lowest BCUT2D eigenvalue weighted by molar-refractivity contribution is -0.121. The van der Waals surface area contributed by atoms with Crippen LogP contribution in [-0.2, 0) is 11.3 Å². The molecule has 1 aromatic rings. The molecule has 0 aliphatic rings. The maximum Gasteiger partial charge on any atom is 0.221 e. The van der Waals surface area contributed by atoms with E-state index in [1.807, 2.05) is 13.8 Å². The largest absolute Gasteiger partial charge is 0.508 e. The highest BCUT2D eigenvalue weighted by molar-refractivity contribution is 6.31. The lowest BCUT2D eigenvalue weighted by Crippen LogP contribution is -2.33. The molecule has 1 rings (SSSR count). The Morgan fingerprint density at radius 3 is 2.84 bits per heavy atom. The van der Waals surface area contributed by atoms with E-state index in [1.54, 1.807) is 18.2 Å². The second-order valence-corrected chi connectivity index (χ2v) is 4.95. The highest BCUT2D eigenvalue weighted by Gasteiger charge is 2.07. The van der Waals surface area contributed by atoms with Crippen LogP contribution in [0.15, 0.2) is 18.2 Å². The van der Waals surface area contributed by atoms with Crippen molar-refractivity contribution in [2.24, 2.45) is 0 Å². The summed E-state index contributed by atoms with van der Waals surface area (Å²) in [5.74, 6) is 0.203. The minimum Gasteiger partial charge on any atom is -0.508 e. The first kappa shape index (κ1) is 15.8. The molecule has 0 aliphatic heterocycles. The lowest BCUT2D eigenvalue weighted by Gasteiger charge is -2.12. The number of phenolic OH excluding ortho intramolecular Hbond substituents is 1. The molecular formula is C14H21ClN2O2. The molecule has 0 aromatic heterocycles. The SMILES string of the molecule is CCC(C)NC(=O)CCNCc1c(O)cccc1Cl. The van der Waals surface area contributed by atoms with E-state index in [1.165, 1.54) is 0 Å². The van der Waals surface area contributed by atoms with Crippen LogP contribution in [0.2, 0.25) is 5.02 Å². The van der Waals surface area contributed by atoms with Crippen molar-refractivity contribution in [1.82, 2.24) is 10.6 Å². The summed E-state index contributed by atoms with van der Waals surface area (Å²) in [6.07, 6.45) is 1.34. The smallest absolute Gasteiger partial charge is 0.221 e. The van der Waals surface area contributed by atoms with Gasteiger partial charge < -0.3 is 15.7 Å². The minimum atomic E-state index is 0.0326. The van der Waals surface area contributed by atoms with Gasteiger partial charge in [0.2, 0.25) is 5.91 Å². The number of aromatic hydroxyl groups is 1. The van der Waals surface area contributed by atoms with E-state index < -0.39 is 0 Å². The van der Waals surface area contributed by atoms with E-state index in [-0.39, 0.29) is 17.7 Å². The molecule has 1 atom stereocenters. The Kier molecular flexibility index (Phi) is 6.67. The number of hydrogen-bond acceptors (Lipinski definition) is 3. The summed E-state index contributed by atoms with van der Waals surface area (Å²) in [6.45, 7) is 5.01. The molecule has 0 bridgehead atoms. The van der Waals surface area contributed by atoms with Gasteiger partial charge >= 0.3 is 0 Å². The van der Waals surface area contributed by atoms with E-state index >= 15 is 0 Å². The van der Waals surface area contributed by atoms with Crippen LogP contribution in [0.25, 0.3) is 0 Å². The molecule has 3 N–H and O–H groups in total. The van der Waals surface area contributed by atoms with Crippen LogP contribution >= 0.6 is 11.6 Å². The topological polar surface area (TPSA) is 61.4 Å². The van der Waals surface area contributed by atoms with Crippen molar-refractivity contribution in [2.45, 2.75) is 39.3 Å². The van der Waals surface area contributed by atoms with Crippen molar-refractivity contribution in [2.75, 3.05) is 6.54 Å². The Bertz CT molecular complexity index is 404. The molecule has 1 unspecified atom stereocenters.